The number of carbonyl (C=O) groups is 1. The van der Waals surface area contributed by atoms with Crippen LogP contribution in [0.1, 0.15) is 37.7 Å². The van der Waals surface area contributed by atoms with E-state index < -0.39 is 0 Å². The number of rotatable bonds is 4. The second kappa shape index (κ2) is 7.93. The van der Waals surface area contributed by atoms with Crippen molar-refractivity contribution in [1.29, 1.82) is 0 Å². The molecule has 1 saturated carbocycles. The molecule has 1 heterocycles. The minimum Gasteiger partial charge on any atom is -0.341 e. The number of amides is 1. The zero-order valence-corrected chi connectivity index (χ0v) is 14.0. The van der Waals surface area contributed by atoms with Crippen LogP contribution in [-0.2, 0) is 11.3 Å². The highest BCUT2D eigenvalue weighted by Gasteiger charge is 2.28. The second-order valence-electron chi connectivity index (χ2n) is 7.06. The third-order valence-electron chi connectivity index (χ3n) is 5.34. The molecule has 1 amide bonds. The molecule has 2 aliphatic rings. The Morgan fingerprint density at radius 2 is 1.87 bits per heavy atom. The summed E-state index contributed by atoms with van der Waals surface area (Å²) in [4.78, 5) is 17.1. The number of carbonyl (C=O) groups excluding carboxylic acids is 1. The van der Waals surface area contributed by atoms with E-state index in [1.165, 1.54) is 12.0 Å². The molecule has 0 bridgehead atoms. The maximum absolute atomic E-state index is 12.6. The molecule has 1 saturated heterocycles. The van der Waals surface area contributed by atoms with Crippen LogP contribution in [0.4, 0.5) is 0 Å². The normalized spacial score (nSPS) is 26.2. The van der Waals surface area contributed by atoms with Crippen molar-refractivity contribution in [3.8, 4) is 0 Å². The van der Waals surface area contributed by atoms with E-state index in [1.54, 1.807) is 0 Å². The minimum absolute atomic E-state index is 0.237. The van der Waals surface area contributed by atoms with E-state index in [4.69, 9.17) is 5.73 Å². The van der Waals surface area contributed by atoms with Gasteiger partial charge in [0.05, 0.1) is 0 Å². The Bertz CT molecular complexity index is 505. The molecule has 4 heteroatoms. The van der Waals surface area contributed by atoms with E-state index in [-0.39, 0.29) is 6.04 Å². The zero-order valence-electron chi connectivity index (χ0n) is 14.0. The molecule has 23 heavy (non-hydrogen) atoms. The van der Waals surface area contributed by atoms with E-state index in [0.717, 1.165) is 52.0 Å². The van der Waals surface area contributed by atoms with Gasteiger partial charge in [-0.25, -0.2) is 0 Å². The Hall–Kier alpha value is -1.39. The van der Waals surface area contributed by atoms with Gasteiger partial charge in [-0.1, -0.05) is 36.8 Å². The predicted molar refractivity (Wildman–Crippen MR) is 92.8 cm³/mol. The van der Waals surface area contributed by atoms with Gasteiger partial charge in [0, 0.05) is 45.2 Å². The first-order chi connectivity index (χ1) is 11.2. The van der Waals surface area contributed by atoms with E-state index in [0.29, 0.717) is 18.2 Å². The lowest BCUT2D eigenvalue weighted by Gasteiger charge is -2.24. The Kier molecular flexibility index (Phi) is 5.68. The highest BCUT2D eigenvalue weighted by Crippen LogP contribution is 2.27. The molecule has 0 spiro atoms. The standard InChI is InChI=1S/C19H29N3O/c20-18-9-4-8-17(18)14-19(23)22-11-5-10-21(12-13-22)15-16-6-2-1-3-7-16/h1-3,6-7,17-18H,4-5,8-15,20H2/t17-,18+/m0/s1. The van der Waals surface area contributed by atoms with Gasteiger partial charge in [-0.05, 0) is 30.7 Å². The molecule has 2 atom stereocenters. The maximum Gasteiger partial charge on any atom is 0.222 e. The molecule has 126 valence electrons. The van der Waals surface area contributed by atoms with Crippen LogP contribution in [0, 0.1) is 5.92 Å². The van der Waals surface area contributed by atoms with E-state index in [2.05, 4.69) is 40.1 Å². The van der Waals surface area contributed by atoms with E-state index in [9.17, 15) is 4.79 Å². The lowest BCUT2D eigenvalue weighted by Crippen LogP contribution is -2.37. The molecular weight excluding hydrogens is 286 g/mol. The van der Waals surface area contributed by atoms with Crippen LogP contribution in [0.3, 0.4) is 0 Å². The fraction of sp³-hybridized carbons (Fsp3) is 0.632. The summed E-state index contributed by atoms with van der Waals surface area (Å²) in [6, 6.07) is 10.8. The van der Waals surface area contributed by atoms with Crippen LogP contribution in [0.15, 0.2) is 30.3 Å². The summed E-state index contributed by atoms with van der Waals surface area (Å²) in [5.74, 6) is 0.722. The summed E-state index contributed by atoms with van der Waals surface area (Å²) in [6.07, 6.45) is 5.11. The summed E-state index contributed by atoms with van der Waals surface area (Å²) >= 11 is 0. The van der Waals surface area contributed by atoms with Crippen molar-refractivity contribution >= 4 is 5.91 Å². The van der Waals surface area contributed by atoms with Gasteiger partial charge in [0.1, 0.15) is 0 Å². The Labute approximate surface area is 139 Å². The molecule has 0 radical (unpaired) electrons. The van der Waals surface area contributed by atoms with Crippen molar-refractivity contribution in [3.05, 3.63) is 35.9 Å². The Morgan fingerprint density at radius 3 is 2.61 bits per heavy atom. The topological polar surface area (TPSA) is 49.6 Å². The number of hydrogen-bond acceptors (Lipinski definition) is 3. The highest BCUT2D eigenvalue weighted by molar-refractivity contribution is 5.76. The van der Waals surface area contributed by atoms with Gasteiger partial charge < -0.3 is 10.6 Å². The molecule has 2 fully saturated rings. The van der Waals surface area contributed by atoms with E-state index >= 15 is 0 Å². The SMILES string of the molecule is N[C@@H]1CCC[C@H]1CC(=O)N1CCCN(Cc2ccccc2)CC1. The molecule has 1 aromatic carbocycles. The first kappa shape index (κ1) is 16.5. The van der Waals surface area contributed by atoms with Crippen LogP contribution < -0.4 is 5.73 Å². The minimum atomic E-state index is 0.237. The number of benzene rings is 1. The van der Waals surface area contributed by atoms with Crippen molar-refractivity contribution in [2.75, 3.05) is 26.2 Å². The van der Waals surface area contributed by atoms with Crippen molar-refractivity contribution in [1.82, 2.24) is 9.80 Å². The van der Waals surface area contributed by atoms with Crippen LogP contribution >= 0.6 is 0 Å². The summed E-state index contributed by atoms with van der Waals surface area (Å²) < 4.78 is 0. The van der Waals surface area contributed by atoms with Crippen LogP contribution in [0.5, 0.6) is 0 Å². The van der Waals surface area contributed by atoms with Gasteiger partial charge in [-0.15, -0.1) is 0 Å². The highest BCUT2D eigenvalue weighted by atomic mass is 16.2. The van der Waals surface area contributed by atoms with Crippen molar-refractivity contribution in [2.24, 2.45) is 11.7 Å². The first-order valence-corrected chi connectivity index (χ1v) is 9.02. The van der Waals surface area contributed by atoms with Gasteiger partial charge >= 0.3 is 0 Å². The van der Waals surface area contributed by atoms with Crippen molar-refractivity contribution in [2.45, 2.75) is 44.7 Å². The summed E-state index contributed by atoms with van der Waals surface area (Å²) in [6.45, 7) is 4.77. The molecular formula is C19H29N3O. The summed E-state index contributed by atoms with van der Waals surface area (Å²) in [5.41, 5.74) is 7.47. The second-order valence-corrected chi connectivity index (χ2v) is 7.06. The van der Waals surface area contributed by atoms with Crippen LogP contribution in [-0.4, -0.2) is 47.9 Å². The average Bonchev–Trinajstić information content (AvgIpc) is 2.82. The predicted octanol–water partition coefficient (Wildman–Crippen LogP) is 2.24. The molecule has 1 aliphatic carbocycles. The molecule has 0 aromatic heterocycles. The lowest BCUT2D eigenvalue weighted by atomic mass is 9.99. The fourth-order valence-corrected chi connectivity index (χ4v) is 3.89. The maximum atomic E-state index is 12.6. The Morgan fingerprint density at radius 1 is 1.04 bits per heavy atom. The lowest BCUT2D eigenvalue weighted by molar-refractivity contribution is -0.132. The summed E-state index contributed by atoms with van der Waals surface area (Å²) in [7, 11) is 0. The van der Waals surface area contributed by atoms with Gasteiger partial charge in [-0.2, -0.15) is 0 Å². The largest absolute Gasteiger partial charge is 0.341 e. The molecule has 2 N–H and O–H groups in total. The van der Waals surface area contributed by atoms with Crippen LogP contribution in [0.2, 0.25) is 0 Å². The van der Waals surface area contributed by atoms with Crippen molar-refractivity contribution < 1.29 is 4.79 Å². The molecule has 1 aromatic rings. The molecule has 1 aliphatic heterocycles. The van der Waals surface area contributed by atoms with Gasteiger partial charge in [0.15, 0.2) is 0 Å². The zero-order chi connectivity index (χ0) is 16.1. The van der Waals surface area contributed by atoms with Crippen molar-refractivity contribution in [3.63, 3.8) is 0 Å². The van der Waals surface area contributed by atoms with Gasteiger partial charge in [0.25, 0.3) is 0 Å². The number of hydrogen-bond donors (Lipinski definition) is 1. The quantitative estimate of drug-likeness (QED) is 0.927. The molecule has 0 unspecified atom stereocenters. The fourth-order valence-electron chi connectivity index (χ4n) is 3.89. The van der Waals surface area contributed by atoms with E-state index in [1.807, 2.05) is 0 Å². The molecule has 3 rings (SSSR count). The Balaban J connectivity index is 1.49. The number of nitrogens with zero attached hydrogens (tertiary/aromatic N) is 2. The summed E-state index contributed by atoms with van der Waals surface area (Å²) in [5, 5.41) is 0. The monoisotopic (exact) mass is 315 g/mol. The third-order valence-corrected chi connectivity index (χ3v) is 5.34. The first-order valence-electron chi connectivity index (χ1n) is 9.02. The third kappa shape index (κ3) is 4.55. The van der Waals surface area contributed by atoms with Gasteiger partial charge in [0.2, 0.25) is 5.91 Å². The average molecular weight is 315 g/mol. The number of nitrogens with two attached hydrogens (primary N) is 1. The van der Waals surface area contributed by atoms with Gasteiger partial charge in [-0.3, -0.25) is 9.69 Å². The smallest absolute Gasteiger partial charge is 0.222 e. The molecule has 4 nitrogen and oxygen atoms in total. The van der Waals surface area contributed by atoms with Crippen LogP contribution in [0.25, 0.3) is 0 Å².